The molecule has 5 rings (SSSR count). The first-order chi connectivity index (χ1) is 16.1. The summed E-state index contributed by atoms with van der Waals surface area (Å²) in [5.41, 5.74) is 3.59. The Kier molecular flexibility index (Phi) is 5.61. The summed E-state index contributed by atoms with van der Waals surface area (Å²) in [5.74, 6) is 0.144. The summed E-state index contributed by atoms with van der Waals surface area (Å²) in [7, 11) is 0. The van der Waals surface area contributed by atoms with Crippen LogP contribution in [-0.2, 0) is 11.3 Å². The first kappa shape index (κ1) is 21.2. The fourth-order valence-electron chi connectivity index (χ4n) is 5.14. The molecule has 1 N–H and O–H groups in total. The molecule has 1 atom stereocenters. The molecule has 2 fully saturated rings. The predicted octanol–water partition coefficient (Wildman–Crippen LogP) is 3.29. The van der Waals surface area contributed by atoms with Gasteiger partial charge in [-0.15, -0.1) is 0 Å². The van der Waals surface area contributed by atoms with Crippen molar-refractivity contribution in [1.82, 2.24) is 19.8 Å². The van der Waals surface area contributed by atoms with E-state index in [0.29, 0.717) is 12.2 Å². The Morgan fingerprint density at radius 2 is 1.85 bits per heavy atom. The van der Waals surface area contributed by atoms with Crippen LogP contribution in [0.3, 0.4) is 0 Å². The van der Waals surface area contributed by atoms with E-state index in [2.05, 4.69) is 49.8 Å². The Morgan fingerprint density at radius 3 is 2.55 bits per heavy atom. The van der Waals surface area contributed by atoms with Gasteiger partial charge in [-0.05, 0) is 49.6 Å². The van der Waals surface area contributed by atoms with E-state index in [1.54, 1.807) is 0 Å². The van der Waals surface area contributed by atoms with Crippen LogP contribution in [0.1, 0.15) is 42.6 Å². The van der Waals surface area contributed by atoms with Crippen LogP contribution in [0.2, 0.25) is 0 Å². The summed E-state index contributed by atoms with van der Waals surface area (Å²) in [6.07, 6.45) is 5.41. The molecule has 2 saturated heterocycles. The van der Waals surface area contributed by atoms with E-state index in [9.17, 15) is 4.79 Å². The molecule has 33 heavy (non-hydrogen) atoms. The monoisotopic (exact) mass is 440 g/mol. The summed E-state index contributed by atoms with van der Waals surface area (Å²) in [5, 5.41) is 12.1. The Labute approximate surface area is 194 Å². The van der Waals surface area contributed by atoms with E-state index in [1.165, 1.54) is 0 Å². The number of rotatable bonds is 5. The van der Waals surface area contributed by atoms with Crippen LogP contribution in [0.25, 0.3) is 0 Å². The van der Waals surface area contributed by atoms with E-state index in [1.807, 2.05) is 55.0 Å². The topological polar surface area (TPSA) is 77.2 Å². The largest absolute Gasteiger partial charge is 0.339 e. The van der Waals surface area contributed by atoms with Crippen LogP contribution in [0.5, 0.6) is 0 Å². The van der Waals surface area contributed by atoms with Crippen LogP contribution in [0, 0.1) is 11.3 Å². The van der Waals surface area contributed by atoms with E-state index in [4.69, 9.17) is 5.26 Å². The number of nitriles is 1. The molecular formula is C26H28N6O. The lowest BCUT2D eigenvalue weighted by molar-refractivity contribution is -0.125. The lowest BCUT2D eigenvalue weighted by Gasteiger charge is -2.43. The molecule has 168 valence electrons. The zero-order valence-electron chi connectivity index (χ0n) is 18.8. The smallest absolute Gasteiger partial charge is 0.247 e. The highest BCUT2D eigenvalue weighted by atomic mass is 16.2. The number of nitrogens with one attached hydrogen (secondary N) is 1. The van der Waals surface area contributed by atoms with Gasteiger partial charge in [0.25, 0.3) is 0 Å². The minimum Gasteiger partial charge on any atom is -0.339 e. The van der Waals surface area contributed by atoms with Crippen LogP contribution >= 0.6 is 0 Å². The minimum atomic E-state index is -0.464. The molecule has 2 aliphatic rings. The molecule has 0 saturated carbocycles. The minimum absolute atomic E-state index is 0.126. The normalized spacial score (nSPS) is 18.8. The SMILES string of the molecule is CC(c1ccc(C#N)cc1)n1cncc1CN1CCC2(CC1)C(=O)NCN2c1ccccc1. The average molecular weight is 441 g/mol. The van der Waals surface area contributed by atoms with Gasteiger partial charge < -0.3 is 14.8 Å². The first-order valence-electron chi connectivity index (χ1n) is 11.4. The van der Waals surface area contributed by atoms with E-state index in [0.717, 1.165) is 49.4 Å². The molecule has 1 amide bonds. The predicted molar refractivity (Wildman–Crippen MR) is 126 cm³/mol. The van der Waals surface area contributed by atoms with Crippen molar-refractivity contribution >= 4 is 11.6 Å². The van der Waals surface area contributed by atoms with Crippen LogP contribution in [-0.4, -0.2) is 45.7 Å². The van der Waals surface area contributed by atoms with Crippen molar-refractivity contribution in [3.8, 4) is 6.07 Å². The van der Waals surface area contributed by atoms with Gasteiger partial charge in [-0.3, -0.25) is 9.69 Å². The van der Waals surface area contributed by atoms with Gasteiger partial charge in [0.1, 0.15) is 5.54 Å². The number of anilines is 1. The number of benzene rings is 2. The Hall–Kier alpha value is -3.63. The fourth-order valence-corrected chi connectivity index (χ4v) is 5.14. The van der Waals surface area contributed by atoms with Gasteiger partial charge >= 0.3 is 0 Å². The van der Waals surface area contributed by atoms with Crippen molar-refractivity contribution in [3.05, 3.63) is 83.9 Å². The summed E-state index contributed by atoms with van der Waals surface area (Å²) in [6, 6.07) is 20.3. The summed E-state index contributed by atoms with van der Waals surface area (Å²) in [4.78, 5) is 22.0. The van der Waals surface area contributed by atoms with Gasteiger partial charge in [0.05, 0.1) is 36.4 Å². The molecule has 1 unspecified atom stereocenters. The number of piperidine rings is 1. The van der Waals surface area contributed by atoms with Gasteiger partial charge in [0.2, 0.25) is 5.91 Å². The highest BCUT2D eigenvalue weighted by Crippen LogP contribution is 2.36. The Bertz CT molecular complexity index is 1160. The third-order valence-electron chi connectivity index (χ3n) is 7.16. The molecule has 3 heterocycles. The molecule has 2 aliphatic heterocycles. The van der Waals surface area contributed by atoms with Crippen molar-refractivity contribution in [2.45, 2.75) is 37.9 Å². The quantitative estimate of drug-likeness (QED) is 0.659. The van der Waals surface area contributed by atoms with Crippen molar-refractivity contribution in [1.29, 1.82) is 5.26 Å². The van der Waals surface area contributed by atoms with Crippen molar-refractivity contribution < 1.29 is 4.79 Å². The fraction of sp³-hybridized carbons (Fsp3) is 0.346. The Balaban J connectivity index is 1.28. The van der Waals surface area contributed by atoms with E-state index in [-0.39, 0.29) is 11.9 Å². The third-order valence-corrected chi connectivity index (χ3v) is 7.16. The molecule has 0 radical (unpaired) electrons. The lowest BCUT2D eigenvalue weighted by atomic mass is 9.85. The second-order valence-electron chi connectivity index (χ2n) is 8.94. The second kappa shape index (κ2) is 8.72. The van der Waals surface area contributed by atoms with Gasteiger partial charge in [0, 0.05) is 31.5 Å². The maximum Gasteiger partial charge on any atom is 0.247 e. The number of carbonyl (C=O) groups excluding carboxylic acids is 1. The van der Waals surface area contributed by atoms with Crippen LogP contribution in [0.15, 0.2) is 67.1 Å². The van der Waals surface area contributed by atoms with E-state index >= 15 is 0 Å². The number of carbonyl (C=O) groups is 1. The maximum atomic E-state index is 12.9. The van der Waals surface area contributed by atoms with Gasteiger partial charge in [-0.25, -0.2) is 4.98 Å². The molecule has 0 aliphatic carbocycles. The molecule has 2 aromatic carbocycles. The molecule has 1 aromatic heterocycles. The van der Waals surface area contributed by atoms with Crippen LogP contribution in [0.4, 0.5) is 5.69 Å². The van der Waals surface area contributed by atoms with Crippen LogP contribution < -0.4 is 10.2 Å². The molecular weight excluding hydrogens is 412 g/mol. The number of aromatic nitrogens is 2. The summed E-state index contributed by atoms with van der Waals surface area (Å²) < 4.78 is 2.20. The Morgan fingerprint density at radius 1 is 1.12 bits per heavy atom. The number of amides is 1. The number of hydrogen-bond donors (Lipinski definition) is 1. The number of likely N-dealkylation sites (tertiary alicyclic amines) is 1. The van der Waals surface area contributed by atoms with Crippen molar-refractivity contribution in [3.63, 3.8) is 0 Å². The van der Waals surface area contributed by atoms with E-state index < -0.39 is 5.54 Å². The van der Waals surface area contributed by atoms with Crippen molar-refractivity contribution in [2.75, 3.05) is 24.7 Å². The number of para-hydroxylation sites is 1. The molecule has 7 heteroatoms. The molecule has 7 nitrogen and oxygen atoms in total. The molecule has 1 spiro atoms. The molecule has 0 bridgehead atoms. The summed E-state index contributed by atoms with van der Waals surface area (Å²) in [6.45, 7) is 5.22. The summed E-state index contributed by atoms with van der Waals surface area (Å²) >= 11 is 0. The van der Waals surface area contributed by atoms with Gasteiger partial charge in [-0.1, -0.05) is 30.3 Å². The average Bonchev–Trinajstić information content (AvgIpc) is 3.45. The van der Waals surface area contributed by atoms with Gasteiger partial charge in [0.15, 0.2) is 0 Å². The zero-order valence-corrected chi connectivity index (χ0v) is 18.8. The highest BCUT2D eigenvalue weighted by molar-refractivity contribution is 5.93. The number of nitrogens with zero attached hydrogens (tertiary/aromatic N) is 5. The number of imidazole rings is 1. The highest BCUT2D eigenvalue weighted by Gasteiger charge is 2.50. The zero-order chi connectivity index (χ0) is 22.8. The van der Waals surface area contributed by atoms with Crippen molar-refractivity contribution in [2.24, 2.45) is 0 Å². The maximum absolute atomic E-state index is 12.9. The third kappa shape index (κ3) is 3.87. The lowest BCUT2D eigenvalue weighted by Crippen LogP contribution is -2.56. The van der Waals surface area contributed by atoms with Gasteiger partial charge in [-0.2, -0.15) is 5.26 Å². The standard InChI is InChI=1S/C26H28N6O/c1-20(22-9-7-21(15-27)8-10-22)31-18-28-16-24(31)17-30-13-11-26(12-14-30)25(33)29-19-32(26)23-5-3-2-4-6-23/h2-10,16,18,20H,11-14,17,19H2,1H3,(H,29,33). The number of hydrogen-bond acceptors (Lipinski definition) is 5. The molecule has 3 aromatic rings. The first-order valence-corrected chi connectivity index (χ1v) is 11.4. The second-order valence-corrected chi connectivity index (χ2v) is 8.94.